The number of hydrogen-bond donors (Lipinski definition) is 0. The number of benzene rings is 1. The molecule has 0 saturated heterocycles. The smallest absolute Gasteiger partial charge is 0.184 e. The summed E-state index contributed by atoms with van der Waals surface area (Å²) >= 11 is 5.70. The number of hydrogen-bond acceptors (Lipinski definition) is 4. The Labute approximate surface area is 104 Å². The molecular weight excluding hydrogens is 262 g/mol. The Bertz CT molecular complexity index is 616. The third kappa shape index (κ3) is 2.87. The van der Waals surface area contributed by atoms with Gasteiger partial charge in [0.1, 0.15) is 11.5 Å². The van der Waals surface area contributed by atoms with Gasteiger partial charge in [0.15, 0.2) is 9.84 Å². The van der Waals surface area contributed by atoms with E-state index < -0.39 is 9.84 Å². The van der Waals surface area contributed by atoms with E-state index in [0.717, 1.165) is 0 Å². The van der Waals surface area contributed by atoms with Crippen LogP contribution in [0, 0.1) is 6.92 Å². The zero-order valence-corrected chi connectivity index (χ0v) is 10.6. The zero-order valence-electron chi connectivity index (χ0n) is 9.05. The third-order valence-corrected chi connectivity index (χ3v) is 4.11. The van der Waals surface area contributed by atoms with Crippen molar-refractivity contribution in [1.82, 2.24) is 5.16 Å². The maximum atomic E-state index is 12.0. The molecule has 0 aliphatic rings. The largest absolute Gasteiger partial charge is 0.361 e. The van der Waals surface area contributed by atoms with E-state index in [1.165, 1.54) is 12.1 Å². The summed E-state index contributed by atoms with van der Waals surface area (Å²) in [6.07, 6.45) is 0. The molecular formula is C11H10ClNO3S. The molecule has 0 N–H and O–H groups in total. The summed E-state index contributed by atoms with van der Waals surface area (Å²) in [4.78, 5) is 0.225. The Hall–Kier alpha value is -1.33. The van der Waals surface area contributed by atoms with Crippen molar-refractivity contribution in [2.45, 2.75) is 17.6 Å². The van der Waals surface area contributed by atoms with Gasteiger partial charge in [-0.1, -0.05) is 16.8 Å². The van der Waals surface area contributed by atoms with Gasteiger partial charge in [-0.15, -0.1) is 0 Å². The molecule has 0 radical (unpaired) electrons. The zero-order chi connectivity index (χ0) is 12.5. The molecule has 0 fully saturated rings. The van der Waals surface area contributed by atoms with Crippen LogP contribution in [-0.2, 0) is 15.6 Å². The molecule has 17 heavy (non-hydrogen) atoms. The van der Waals surface area contributed by atoms with E-state index in [9.17, 15) is 8.42 Å². The first-order valence-electron chi connectivity index (χ1n) is 4.88. The molecule has 0 spiro atoms. The van der Waals surface area contributed by atoms with Crippen LogP contribution >= 0.6 is 11.6 Å². The van der Waals surface area contributed by atoms with E-state index in [-0.39, 0.29) is 10.6 Å². The summed E-state index contributed by atoms with van der Waals surface area (Å²) in [5, 5.41) is 4.16. The number of aromatic nitrogens is 1. The summed E-state index contributed by atoms with van der Waals surface area (Å²) in [5.74, 6) is 0.415. The molecule has 6 heteroatoms. The van der Waals surface area contributed by atoms with Gasteiger partial charge in [0.05, 0.1) is 10.6 Å². The quantitative estimate of drug-likeness (QED) is 0.861. The molecule has 0 atom stereocenters. The van der Waals surface area contributed by atoms with Gasteiger partial charge in [-0.3, -0.25) is 0 Å². The predicted molar refractivity (Wildman–Crippen MR) is 63.6 cm³/mol. The molecule has 0 amide bonds. The van der Waals surface area contributed by atoms with Gasteiger partial charge < -0.3 is 4.52 Å². The maximum Gasteiger partial charge on any atom is 0.184 e. The fourth-order valence-corrected chi connectivity index (χ4v) is 2.77. The van der Waals surface area contributed by atoms with Crippen molar-refractivity contribution >= 4 is 21.4 Å². The molecule has 90 valence electrons. The van der Waals surface area contributed by atoms with Crippen LogP contribution in [0.3, 0.4) is 0 Å². The predicted octanol–water partition coefficient (Wildman–Crippen LogP) is 2.61. The van der Waals surface area contributed by atoms with Crippen LogP contribution in [0.15, 0.2) is 39.8 Å². The van der Waals surface area contributed by atoms with Gasteiger partial charge in [-0.2, -0.15) is 0 Å². The van der Waals surface area contributed by atoms with Crippen LogP contribution in [0.5, 0.6) is 0 Å². The van der Waals surface area contributed by atoms with E-state index in [1.807, 2.05) is 0 Å². The van der Waals surface area contributed by atoms with Crippen molar-refractivity contribution in [3.05, 3.63) is 46.8 Å². The average molecular weight is 272 g/mol. The highest BCUT2D eigenvalue weighted by atomic mass is 35.5. The summed E-state index contributed by atoms with van der Waals surface area (Å²) in [5.41, 5.74) is 0.400. The van der Waals surface area contributed by atoms with Gasteiger partial charge in [-0.05, 0) is 31.2 Å². The molecule has 0 saturated carbocycles. The molecule has 1 heterocycles. The Morgan fingerprint density at radius 2 is 1.94 bits per heavy atom. The molecule has 0 aliphatic heterocycles. The van der Waals surface area contributed by atoms with Crippen molar-refractivity contribution < 1.29 is 12.9 Å². The number of rotatable bonds is 3. The highest BCUT2D eigenvalue weighted by molar-refractivity contribution is 7.90. The second-order valence-electron chi connectivity index (χ2n) is 3.64. The van der Waals surface area contributed by atoms with E-state index in [1.54, 1.807) is 25.1 Å². The summed E-state index contributed by atoms with van der Waals surface area (Å²) in [6.45, 7) is 1.71. The Morgan fingerprint density at radius 3 is 2.47 bits per heavy atom. The first kappa shape index (κ1) is 12.1. The first-order valence-corrected chi connectivity index (χ1v) is 6.91. The van der Waals surface area contributed by atoms with E-state index >= 15 is 0 Å². The lowest BCUT2D eigenvalue weighted by Crippen LogP contribution is -2.04. The average Bonchev–Trinajstić information content (AvgIpc) is 2.63. The summed E-state index contributed by atoms with van der Waals surface area (Å²) in [6, 6.07) is 7.65. The Kier molecular flexibility index (Phi) is 3.22. The fourth-order valence-electron chi connectivity index (χ4n) is 1.41. The standard InChI is InChI=1S/C11H10ClNO3S/c1-8-6-10(13-16-8)7-17(14,15)11-4-2-9(12)3-5-11/h2-6H,7H2,1H3. The monoisotopic (exact) mass is 271 g/mol. The molecule has 1 aromatic heterocycles. The van der Waals surface area contributed by atoms with Crippen LogP contribution in [-0.4, -0.2) is 13.6 Å². The van der Waals surface area contributed by atoms with Crippen molar-refractivity contribution in [3.8, 4) is 0 Å². The summed E-state index contributed by atoms with van der Waals surface area (Å²) in [7, 11) is -3.40. The Morgan fingerprint density at radius 1 is 1.29 bits per heavy atom. The highest BCUT2D eigenvalue weighted by Gasteiger charge is 2.17. The van der Waals surface area contributed by atoms with Crippen molar-refractivity contribution in [1.29, 1.82) is 0 Å². The lowest BCUT2D eigenvalue weighted by atomic mass is 10.4. The minimum absolute atomic E-state index is 0.175. The van der Waals surface area contributed by atoms with Crippen molar-refractivity contribution in [2.75, 3.05) is 0 Å². The lowest BCUT2D eigenvalue weighted by molar-refractivity contribution is 0.392. The van der Waals surface area contributed by atoms with Crippen molar-refractivity contribution in [3.63, 3.8) is 0 Å². The molecule has 4 nitrogen and oxygen atoms in total. The second kappa shape index (κ2) is 4.50. The number of halogens is 1. The van der Waals surface area contributed by atoms with Gasteiger partial charge in [0.25, 0.3) is 0 Å². The minimum Gasteiger partial charge on any atom is -0.361 e. The van der Waals surface area contributed by atoms with E-state index in [4.69, 9.17) is 16.1 Å². The fraction of sp³-hybridized carbons (Fsp3) is 0.182. The highest BCUT2D eigenvalue weighted by Crippen LogP contribution is 2.18. The van der Waals surface area contributed by atoms with Crippen LogP contribution in [0.4, 0.5) is 0 Å². The number of aryl methyl sites for hydroxylation is 1. The van der Waals surface area contributed by atoms with E-state index in [2.05, 4.69) is 5.16 Å². The van der Waals surface area contributed by atoms with Crippen LogP contribution in [0.1, 0.15) is 11.5 Å². The normalized spacial score (nSPS) is 11.6. The second-order valence-corrected chi connectivity index (χ2v) is 6.07. The van der Waals surface area contributed by atoms with Crippen LogP contribution in [0.25, 0.3) is 0 Å². The lowest BCUT2D eigenvalue weighted by Gasteiger charge is -2.01. The number of nitrogens with zero attached hydrogens (tertiary/aromatic N) is 1. The molecule has 2 rings (SSSR count). The van der Waals surface area contributed by atoms with Crippen LogP contribution < -0.4 is 0 Å². The summed E-state index contributed by atoms with van der Waals surface area (Å²) < 4.78 is 28.8. The van der Waals surface area contributed by atoms with Gasteiger partial charge in [0, 0.05) is 11.1 Å². The minimum atomic E-state index is -3.40. The Balaban J connectivity index is 2.28. The molecule has 0 bridgehead atoms. The molecule has 1 aromatic carbocycles. The SMILES string of the molecule is Cc1cc(CS(=O)(=O)c2ccc(Cl)cc2)no1. The topological polar surface area (TPSA) is 60.2 Å². The van der Waals surface area contributed by atoms with Gasteiger partial charge >= 0.3 is 0 Å². The van der Waals surface area contributed by atoms with Gasteiger partial charge in [-0.25, -0.2) is 8.42 Å². The molecule has 0 aliphatic carbocycles. The number of sulfone groups is 1. The van der Waals surface area contributed by atoms with Gasteiger partial charge in [0.2, 0.25) is 0 Å². The van der Waals surface area contributed by atoms with Crippen LogP contribution in [0.2, 0.25) is 5.02 Å². The third-order valence-electron chi connectivity index (χ3n) is 2.19. The van der Waals surface area contributed by atoms with Crippen molar-refractivity contribution in [2.24, 2.45) is 0 Å². The maximum absolute atomic E-state index is 12.0. The molecule has 0 unspecified atom stereocenters. The molecule has 2 aromatic rings. The van der Waals surface area contributed by atoms with E-state index in [0.29, 0.717) is 16.5 Å². The first-order chi connectivity index (χ1) is 7.97.